The van der Waals surface area contributed by atoms with E-state index >= 15 is 0 Å². The molecule has 1 amide bonds. The number of halogens is 1. The fraction of sp³-hybridized carbons (Fsp3) is 0.480. The number of carbonyl (C=O) groups excluding carboxylic acids is 1. The van der Waals surface area contributed by atoms with Crippen molar-refractivity contribution in [2.24, 2.45) is 5.92 Å². The van der Waals surface area contributed by atoms with Gasteiger partial charge in [-0.05, 0) is 35.7 Å². The summed E-state index contributed by atoms with van der Waals surface area (Å²) in [6.45, 7) is 3.95. The summed E-state index contributed by atoms with van der Waals surface area (Å²) < 4.78 is 19.9. The molecule has 3 aliphatic rings. The zero-order chi connectivity index (χ0) is 22.2. The maximum absolute atomic E-state index is 14.5. The largest absolute Gasteiger partial charge is 0.394 e. The fourth-order valence-corrected chi connectivity index (χ4v) is 5.64. The lowest BCUT2D eigenvalue weighted by Crippen LogP contribution is -2.50. The first-order chi connectivity index (χ1) is 15.6. The predicted octanol–water partition coefficient (Wildman–Crippen LogP) is 2.53. The Hall–Kier alpha value is -2.48. The number of morpholine rings is 1. The minimum atomic E-state index is -0.256. The van der Waals surface area contributed by atoms with Gasteiger partial charge < -0.3 is 19.6 Å². The highest BCUT2D eigenvalue weighted by Gasteiger charge is 2.47. The van der Waals surface area contributed by atoms with Crippen LogP contribution in [0.1, 0.15) is 18.0 Å². The second-order valence-corrected chi connectivity index (χ2v) is 8.99. The second-order valence-electron chi connectivity index (χ2n) is 8.99. The molecule has 5 rings (SSSR count). The van der Waals surface area contributed by atoms with E-state index in [0.29, 0.717) is 31.9 Å². The number of fused-ring (bicyclic) bond motifs is 3. The van der Waals surface area contributed by atoms with Gasteiger partial charge in [-0.3, -0.25) is 9.69 Å². The molecule has 0 saturated carbocycles. The number of hydrogen-bond acceptors (Lipinski definition) is 5. The van der Waals surface area contributed by atoms with Crippen LogP contribution in [0, 0.1) is 11.7 Å². The number of aliphatic hydroxyl groups is 1. The van der Waals surface area contributed by atoms with Gasteiger partial charge in [0.25, 0.3) is 0 Å². The molecule has 2 aromatic carbocycles. The Balaban J connectivity index is 1.51. The van der Waals surface area contributed by atoms with E-state index in [4.69, 9.17) is 4.74 Å². The third-order valence-electron chi connectivity index (χ3n) is 7.32. The Morgan fingerprint density at radius 2 is 1.94 bits per heavy atom. The van der Waals surface area contributed by atoms with E-state index in [9.17, 15) is 14.3 Å². The molecule has 6 nitrogen and oxygen atoms in total. The van der Waals surface area contributed by atoms with Crippen LogP contribution in [0.25, 0.3) is 11.1 Å². The number of amides is 1. The summed E-state index contributed by atoms with van der Waals surface area (Å²) in [5, 5.41) is 10.2. The summed E-state index contributed by atoms with van der Waals surface area (Å²) in [6, 6.07) is 12.6. The average Bonchev–Trinajstić information content (AvgIpc) is 3.25. The van der Waals surface area contributed by atoms with Crippen LogP contribution in [0.5, 0.6) is 0 Å². The van der Waals surface area contributed by atoms with E-state index in [2.05, 4.69) is 9.80 Å². The van der Waals surface area contributed by atoms with Crippen molar-refractivity contribution in [3.8, 4) is 11.1 Å². The second kappa shape index (κ2) is 8.81. The van der Waals surface area contributed by atoms with E-state index < -0.39 is 0 Å². The van der Waals surface area contributed by atoms with Crippen LogP contribution < -0.4 is 4.90 Å². The van der Waals surface area contributed by atoms with Crippen molar-refractivity contribution in [3.05, 3.63) is 53.8 Å². The maximum atomic E-state index is 14.5. The number of aliphatic hydroxyl groups excluding tert-OH is 1. The Morgan fingerprint density at radius 3 is 2.69 bits per heavy atom. The zero-order valence-electron chi connectivity index (χ0n) is 18.4. The predicted molar refractivity (Wildman–Crippen MR) is 121 cm³/mol. The molecule has 0 aliphatic carbocycles. The summed E-state index contributed by atoms with van der Waals surface area (Å²) in [5.74, 6) is -0.00188. The summed E-state index contributed by atoms with van der Waals surface area (Å²) in [4.78, 5) is 19.6. The molecule has 3 atom stereocenters. The van der Waals surface area contributed by atoms with Gasteiger partial charge in [0.2, 0.25) is 5.91 Å². The van der Waals surface area contributed by atoms with Crippen LogP contribution in [0.4, 0.5) is 10.1 Å². The van der Waals surface area contributed by atoms with Crippen molar-refractivity contribution in [2.45, 2.75) is 18.5 Å². The van der Waals surface area contributed by atoms with Crippen molar-refractivity contribution in [1.82, 2.24) is 9.80 Å². The van der Waals surface area contributed by atoms with Crippen molar-refractivity contribution in [3.63, 3.8) is 0 Å². The van der Waals surface area contributed by atoms with Crippen molar-refractivity contribution < 1.29 is 19.0 Å². The van der Waals surface area contributed by atoms with Crippen LogP contribution in [0.2, 0.25) is 0 Å². The Labute approximate surface area is 188 Å². The Bertz CT molecular complexity index is 994. The monoisotopic (exact) mass is 439 g/mol. The zero-order valence-corrected chi connectivity index (χ0v) is 18.4. The molecule has 3 aliphatic heterocycles. The fourth-order valence-electron chi connectivity index (χ4n) is 5.64. The van der Waals surface area contributed by atoms with Crippen LogP contribution in [0.3, 0.4) is 0 Å². The smallest absolute Gasteiger partial charge is 0.237 e. The molecule has 2 fully saturated rings. The van der Waals surface area contributed by atoms with E-state index in [1.165, 1.54) is 6.07 Å². The van der Waals surface area contributed by atoms with E-state index in [1.807, 2.05) is 36.2 Å². The SMILES string of the molecule is CN1c2ccc(-c3ccccc3F)cc2[C@H]2[C@H](CCN2C(=O)CN2CCOCC2)[C@@H]1CO. The number of likely N-dealkylation sites (N-methyl/N-ethyl adjacent to an activating group) is 1. The average molecular weight is 440 g/mol. The molecule has 0 bridgehead atoms. The standard InChI is InChI=1S/C25H30FN3O3/c1-27-22-7-6-17(18-4-2-3-5-21(18)26)14-20(22)25-19(23(27)16-30)8-9-29(25)24(31)15-28-10-12-32-13-11-28/h2-7,14,19,23,25,30H,8-13,15-16H2,1H3/t19-,23+,25-/m1/s1. The third-order valence-corrected chi connectivity index (χ3v) is 7.32. The first-order valence-electron chi connectivity index (χ1n) is 11.4. The minimum absolute atomic E-state index is 0.0394. The molecular weight excluding hydrogens is 409 g/mol. The topological polar surface area (TPSA) is 56.2 Å². The molecule has 2 aromatic rings. The van der Waals surface area contributed by atoms with Gasteiger partial charge in [0.1, 0.15) is 5.82 Å². The highest BCUT2D eigenvalue weighted by Crippen LogP contribution is 2.49. The van der Waals surface area contributed by atoms with Crippen LogP contribution in [-0.4, -0.2) is 79.9 Å². The van der Waals surface area contributed by atoms with Gasteiger partial charge in [0.15, 0.2) is 0 Å². The lowest BCUT2D eigenvalue weighted by molar-refractivity contribution is -0.135. The highest BCUT2D eigenvalue weighted by atomic mass is 19.1. The molecule has 3 heterocycles. The molecule has 0 aromatic heterocycles. The summed E-state index contributed by atoms with van der Waals surface area (Å²) in [5.41, 5.74) is 3.40. The van der Waals surface area contributed by atoms with Gasteiger partial charge in [0, 0.05) is 43.9 Å². The molecule has 32 heavy (non-hydrogen) atoms. The van der Waals surface area contributed by atoms with Crippen molar-refractivity contribution >= 4 is 11.6 Å². The van der Waals surface area contributed by atoms with Gasteiger partial charge in [-0.15, -0.1) is 0 Å². The summed E-state index contributed by atoms with van der Waals surface area (Å²) in [7, 11) is 2.00. The van der Waals surface area contributed by atoms with E-state index in [0.717, 1.165) is 36.3 Å². The number of anilines is 1. The number of ether oxygens (including phenoxy) is 1. The number of likely N-dealkylation sites (tertiary alicyclic amines) is 1. The van der Waals surface area contributed by atoms with Crippen molar-refractivity contribution in [2.75, 3.05) is 57.9 Å². The van der Waals surface area contributed by atoms with Crippen LogP contribution in [-0.2, 0) is 9.53 Å². The quantitative estimate of drug-likeness (QED) is 0.794. The van der Waals surface area contributed by atoms with Crippen LogP contribution >= 0.6 is 0 Å². The lowest BCUT2D eigenvalue weighted by atomic mass is 9.81. The molecule has 1 N–H and O–H groups in total. The third kappa shape index (κ3) is 3.68. The van der Waals surface area contributed by atoms with Gasteiger partial charge in [-0.1, -0.05) is 24.3 Å². The first kappa shape index (κ1) is 21.4. The molecule has 2 saturated heterocycles. The number of carbonyl (C=O) groups is 1. The Morgan fingerprint density at radius 1 is 1.16 bits per heavy atom. The molecule has 0 spiro atoms. The van der Waals surface area contributed by atoms with Gasteiger partial charge in [-0.25, -0.2) is 4.39 Å². The first-order valence-corrected chi connectivity index (χ1v) is 11.4. The van der Waals surface area contributed by atoms with Gasteiger partial charge in [-0.2, -0.15) is 0 Å². The lowest BCUT2D eigenvalue weighted by Gasteiger charge is -2.45. The number of rotatable bonds is 4. The normalized spacial score (nSPS) is 25.5. The maximum Gasteiger partial charge on any atom is 0.237 e. The minimum Gasteiger partial charge on any atom is -0.394 e. The molecule has 0 radical (unpaired) electrons. The summed E-state index contributed by atoms with van der Waals surface area (Å²) >= 11 is 0. The molecule has 0 unspecified atom stereocenters. The van der Waals surface area contributed by atoms with Crippen LogP contribution in [0.15, 0.2) is 42.5 Å². The van der Waals surface area contributed by atoms with Crippen molar-refractivity contribution in [1.29, 1.82) is 0 Å². The van der Waals surface area contributed by atoms with E-state index in [-0.39, 0.29) is 36.3 Å². The number of hydrogen-bond donors (Lipinski definition) is 1. The molecular formula is C25H30FN3O3. The highest BCUT2D eigenvalue weighted by molar-refractivity contribution is 5.80. The number of benzene rings is 2. The molecule has 7 heteroatoms. The summed E-state index contributed by atoms with van der Waals surface area (Å²) in [6.07, 6.45) is 0.846. The van der Waals surface area contributed by atoms with Gasteiger partial charge >= 0.3 is 0 Å². The Kier molecular flexibility index (Phi) is 5.88. The number of nitrogens with zero attached hydrogens (tertiary/aromatic N) is 3. The van der Waals surface area contributed by atoms with E-state index in [1.54, 1.807) is 12.1 Å². The molecule has 170 valence electrons. The van der Waals surface area contributed by atoms with Gasteiger partial charge in [0.05, 0.1) is 38.4 Å².